The smallest absolute Gasteiger partial charge is 0.244 e. The van der Waals surface area contributed by atoms with Gasteiger partial charge in [-0.25, -0.2) is 0 Å². The van der Waals surface area contributed by atoms with Crippen molar-refractivity contribution in [1.82, 2.24) is 4.90 Å². The molecule has 0 bridgehead atoms. The number of hydrogen-bond donors (Lipinski definition) is 1. The number of nitrogens with zero attached hydrogens (tertiary/aromatic N) is 1. The summed E-state index contributed by atoms with van der Waals surface area (Å²) in [4.78, 5) is 25.5. The first-order valence-corrected chi connectivity index (χ1v) is 7.18. The first-order chi connectivity index (χ1) is 9.92. The number of anilines is 1. The number of nitrogens with one attached hydrogen (secondary N) is 1. The molecule has 1 aliphatic carbocycles. The molecule has 0 aromatic heterocycles. The van der Waals surface area contributed by atoms with E-state index in [1.165, 1.54) is 12.0 Å². The molecular formula is C15H19ClN2O3. The fourth-order valence-electron chi connectivity index (χ4n) is 2.21. The molecular weight excluding hydrogens is 292 g/mol. The van der Waals surface area contributed by atoms with E-state index in [1.807, 2.05) is 6.92 Å². The van der Waals surface area contributed by atoms with Gasteiger partial charge < -0.3 is 15.0 Å². The molecule has 0 radical (unpaired) electrons. The maximum atomic E-state index is 12.0. The lowest BCUT2D eigenvalue weighted by atomic mass is 10.2. The van der Waals surface area contributed by atoms with Gasteiger partial charge in [-0.15, -0.1) is 0 Å². The van der Waals surface area contributed by atoms with Crippen LogP contribution in [0.25, 0.3) is 0 Å². The van der Waals surface area contributed by atoms with Gasteiger partial charge in [0.2, 0.25) is 11.8 Å². The maximum absolute atomic E-state index is 12.0. The first-order valence-electron chi connectivity index (χ1n) is 6.80. The number of benzene rings is 1. The monoisotopic (exact) mass is 310 g/mol. The van der Waals surface area contributed by atoms with E-state index in [9.17, 15) is 9.59 Å². The molecule has 1 aromatic carbocycles. The molecule has 2 rings (SSSR count). The number of hydrogen-bond acceptors (Lipinski definition) is 3. The Balaban J connectivity index is 1.95. The quantitative estimate of drug-likeness (QED) is 0.908. The van der Waals surface area contributed by atoms with Crippen LogP contribution in [0.2, 0.25) is 5.02 Å². The molecule has 1 fully saturated rings. The molecule has 6 heteroatoms. The number of rotatable bonds is 5. The molecule has 0 heterocycles. The fraction of sp³-hybridized carbons (Fsp3) is 0.467. The second kappa shape index (κ2) is 6.35. The number of carbonyl (C=O) groups is 2. The van der Waals surface area contributed by atoms with Gasteiger partial charge in [0, 0.05) is 18.0 Å². The highest BCUT2D eigenvalue weighted by Gasteiger charge is 2.40. The third kappa shape index (κ3) is 3.88. The molecule has 21 heavy (non-hydrogen) atoms. The van der Waals surface area contributed by atoms with Gasteiger partial charge in [-0.3, -0.25) is 9.59 Å². The van der Waals surface area contributed by atoms with Gasteiger partial charge >= 0.3 is 0 Å². The maximum Gasteiger partial charge on any atom is 0.244 e. The van der Waals surface area contributed by atoms with Gasteiger partial charge in [0.25, 0.3) is 0 Å². The van der Waals surface area contributed by atoms with E-state index < -0.39 is 0 Å². The normalized spacial score (nSPS) is 19.8. The minimum absolute atomic E-state index is 0.0116. The molecule has 2 unspecified atom stereocenters. The van der Waals surface area contributed by atoms with Crippen LogP contribution in [-0.2, 0) is 9.59 Å². The summed E-state index contributed by atoms with van der Waals surface area (Å²) >= 11 is 5.91. The molecule has 114 valence electrons. The summed E-state index contributed by atoms with van der Waals surface area (Å²) < 4.78 is 5.16. The van der Waals surface area contributed by atoms with Crippen LogP contribution in [0, 0.1) is 11.8 Å². The minimum atomic E-state index is -0.278. The minimum Gasteiger partial charge on any atom is -0.495 e. The zero-order valence-corrected chi connectivity index (χ0v) is 13.1. The van der Waals surface area contributed by atoms with Crippen LogP contribution in [-0.4, -0.2) is 37.4 Å². The highest BCUT2D eigenvalue weighted by atomic mass is 35.5. The van der Waals surface area contributed by atoms with Crippen LogP contribution in [0.15, 0.2) is 18.2 Å². The van der Waals surface area contributed by atoms with Crippen LogP contribution < -0.4 is 10.1 Å². The molecule has 5 nitrogen and oxygen atoms in total. The number of carbonyl (C=O) groups excluding carboxylic acids is 2. The third-order valence-corrected chi connectivity index (χ3v) is 3.85. The summed E-state index contributed by atoms with van der Waals surface area (Å²) in [5.74, 6) is 0.771. The molecule has 1 aromatic rings. The summed E-state index contributed by atoms with van der Waals surface area (Å²) in [6.07, 6.45) is 0.910. The average molecular weight is 311 g/mol. The van der Waals surface area contributed by atoms with Crippen molar-refractivity contribution in [3.05, 3.63) is 23.2 Å². The van der Waals surface area contributed by atoms with Crippen LogP contribution in [0.1, 0.15) is 13.3 Å². The summed E-state index contributed by atoms with van der Waals surface area (Å²) in [5, 5.41) is 3.22. The SMILES string of the molecule is COc1ccc(Cl)cc1NC(=O)CN(C)C(=O)C1CC1C. The van der Waals surface area contributed by atoms with E-state index in [0.717, 1.165) is 6.42 Å². The highest BCUT2D eigenvalue weighted by Crippen LogP contribution is 2.38. The van der Waals surface area contributed by atoms with Gasteiger partial charge in [0.15, 0.2) is 0 Å². The van der Waals surface area contributed by atoms with E-state index in [1.54, 1.807) is 25.2 Å². The van der Waals surface area contributed by atoms with Crippen molar-refractivity contribution < 1.29 is 14.3 Å². The second-order valence-electron chi connectivity index (χ2n) is 5.41. The second-order valence-corrected chi connectivity index (χ2v) is 5.84. The van der Waals surface area contributed by atoms with Crippen molar-refractivity contribution in [2.24, 2.45) is 11.8 Å². The van der Waals surface area contributed by atoms with Crippen LogP contribution in [0.3, 0.4) is 0 Å². The number of amides is 2. The van der Waals surface area contributed by atoms with Gasteiger partial charge in [-0.1, -0.05) is 18.5 Å². The average Bonchev–Trinajstić information content (AvgIpc) is 3.15. The zero-order valence-electron chi connectivity index (χ0n) is 12.4. The number of ether oxygens (including phenoxy) is 1. The van der Waals surface area contributed by atoms with Gasteiger partial charge in [0.1, 0.15) is 5.75 Å². The van der Waals surface area contributed by atoms with Crippen molar-refractivity contribution in [2.75, 3.05) is 26.0 Å². The topological polar surface area (TPSA) is 58.6 Å². The van der Waals surface area contributed by atoms with Crippen molar-refractivity contribution in [3.8, 4) is 5.75 Å². The molecule has 1 aliphatic rings. The molecule has 1 N–H and O–H groups in total. The van der Waals surface area contributed by atoms with Crippen molar-refractivity contribution in [3.63, 3.8) is 0 Å². The number of methoxy groups -OCH3 is 1. The summed E-state index contributed by atoms with van der Waals surface area (Å²) in [6.45, 7) is 2.05. The summed E-state index contributed by atoms with van der Waals surface area (Å²) in [7, 11) is 3.16. The molecule has 0 aliphatic heterocycles. The van der Waals surface area contributed by atoms with E-state index in [4.69, 9.17) is 16.3 Å². The van der Waals surface area contributed by atoms with E-state index in [-0.39, 0.29) is 24.3 Å². The Bertz CT molecular complexity index is 562. The predicted molar refractivity (Wildman–Crippen MR) is 81.5 cm³/mol. The Morgan fingerprint density at radius 1 is 1.48 bits per heavy atom. The molecule has 2 amide bonds. The van der Waals surface area contributed by atoms with E-state index in [0.29, 0.717) is 22.4 Å². The zero-order chi connectivity index (χ0) is 15.6. The van der Waals surface area contributed by atoms with Crippen molar-refractivity contribution >= 4 is 29.1 Å². The van der Waals surface area contributed by atoms with Crippen LogP contribution in [0.5, 0.6) is 5.75 Å². The molecule has 2 atom stereocenters. The van der Waals surface area contributed by atoms with Crippen LogP contribution >= 0.6 is 11.6 Å². The third-order valence-electron chi connectivity index (χ3n) is 3.62. The van der Waals surface area contributed by atoms with Crippen LogP contribution in [0.4, 0.5) is 5.69 Å². The standard InChI is InChI=1S/C15H19ClN2O3/c1-9-6-11(9)15(20)18(2)8-14(19)17-12-7-10(16)4-5-13(12)21-3/h4-5,7,9,11H,6,8H2,1-3H3,(H,17,19). The molecule has 0 saturated heterocycles. The Kier molecular flexibility index (Phi) is 4.73. The van der Waals surface area contributed by atoms with Gasteiger partial charge in [-0.05, 0) is 30.5 Å². The van der Waals surface area contributed by atoms with E-state index in [2.05, 4.69) is 5.32 Å². The Labute approximate surface area is 129 Å². The van der Waals surface area contributed by atoms with Gasteiger partial charge in [-0.2, -0.15) is 0 Å². The predicted octanol–water partition coefficient (Wildman–Crippen LogP) is 2.40. The molecule has 0 spiro atoms. The Morgan fingerprint density at radius 2 is 2.14 bits per heavy atom. The van der Waals surface area contributed by atoms with Gasteiger partial charge in [0.05, 0.1) is 19.3 Å². The number of halogens is 1. The molecule has 1 saturated carbocycles. The summed E-state index contributed by atoms with van der Waals surface area (Å²) in [5.41, 5.74) is 0.496. The lowest BCUT2D eigenvalue weighted by Gasteiger charge is -2.17. The first kappa shape index (κ1) is 15.6. The van der Waals surface area contributed by atoms with E-state index >= 15 is 0 Å². The highest BCUT2D eigenvalue weighted by molar-refractivity contribution is 6.31. The summed E-state index contributed by atoms with van der Waals surface area (Å²) in [6, 6.07) is 4.97. The van der Waals surface area contributed by atoms with Crippen molar-refractivity contribution in [2.45, 2.75) is 13.3 Å². The lowest BCUT2D eigenvalue weighted by molar-refractivity contribution is -0.134. The Hall–Kier alpha value is -1.75. The van der Waals surface area contributed by atoms with Crippen molar-refractivity contribution in [1.29, 1.82) is 0 Å². The largest absolute Gasteiger partial charge is 0.495 e. The Morgan fingerprint density at radius 3 is 2.71 bits per heavy atom. The fourth-order valence-corrected chi connectivity index (χ4v) is 2.38. The lowest BCUT2D eigenvalue weighted by Crippen LogP contribution is -2.36. The number of likely N-dealkylation sites (N-methyl/N-ethyl adjacent to an activating group) is 1.